The van der Waals surface area contributed by atoms with Crippen molar-refractivity contribution >= 4 is 15.9 Å². The van der Waals surface area contributed by atoms with E-state index in [-0.39, 0.29) is 30.2 Å². The predicted octanol–water partition coefficient (Wildman–Crippen LogP) is 0.140. The lowest BCUT2D eigenvalue weighted by molar-refractivity contribution is -0.135. The van der Waals surface area contributed by atoms with Crippen LogP contribution in [0, 0.1) is 0 Å². The summed E-state index contributed by atoms with van der Waals surface area (Å²) in [7, 11) is -3.11. The molecule has 2 aliphatic rings. The van der Waals surface area contributed by atoms with Gasteiger partial charge in [0, 0.05) is 38.1 Å². The molecule has 116 valence electrons. The molecule has 2 N–H and O–H groups in total. The maximum Gasteiger partial charge on any atom is 0.224 e. The lowest BCUT2D eigenvalue weighted by Crippen LogP contribution is -2.52. The molecule has 2 aliphatic heterocycles. The summed E-state index contributed by atoms with van der Waals surface area (Å²) in [6.07, 6.45) is 4.00. The van der Waals surface area contributed by atoms with Gasteiger partial charge in [0.1, 0.15) is 0 Å². The Morgan fingerprint density at radius 3 is 2.65 bits per heavy atom. The molecule has 6 nitrogen and oxygen atoms in total. The summed E-state index contributed by atoms with van der Waals surface area (Å²) in [6.45, 7) is 3.54. The first-order valence-electron chi connectivity index (χ1n) is 7.45. The van der Waals surface area contributed by atoms with E-state index >= 15 is 0 Å². The van der Waals surface area contributed by atoms with Crippen molar-refractivity contribution < 1.29 is 13.2 Å². The second kappa shape index (κ2) is 6.41. The topological polar surface area (TPSA) is 83.7 Å². The van der Waals surface area contributed by atoms with Gasteiger partial charge in [-0.25, -0.2) is 12.7 Å². The molecule has 0 bridgehead atoms. The Balaban J connectivity index is 1.90. The Morgan fingerprint density at radius 2 is 2.05 bits per heavy atom. The van der Waals surface area contributed by atoms with Gasteiger partial charge in [0.15, 0.2) is 0 Å². The number of hydrogen-bond acceptors (Lipinski definition) is 4. The highest BCUT2D eigenvalue weighted by Gasteiger charge is 2.32. The minimum atomic E-state index is -3.11. The maximum absolute atomic E-state index is 12.3. The number of nitrogens with two attached hydrogens (primary N) is 1. The van der Waals surface area contributed by atoms with Gasteiger partial charge >= 0.3 is 0 Å². The molecule has 2 fully saturated rings. The standard InChI is InChI=1S/C13H25N3O3S/c1-11(14)12-5-2-3-8-16(12)13(17)6-9-15-7-4-10-20(15,18)19/h11-12H,2-10,14H2,1H3. The minimum absolute atomic E-state index is 0.0326. The van der Waals surface area contributed by atoms with Crippen LogP contribution < -0.4 is 5.73 Å². The van der Waals surface area contributed by atoms with E-state index in [2.05, 4.69) is 0 Å². The average Bonchev–Trinajstić information content (AvgIpc) is 2.75. The molecule has 0 aromatic heterocycles. The van der Waals surface area contributed by atoms with E-state index in [0.717, 1.165) is 25.8 Å². The van der Waals surface area contributed by atoms with E-state index in [0.29, 0.717) is 19.5 Å². The molecular weight excluding hydrogens is 278 g/mol. The Labute approximate surface area is 121 Å². The highest BCUT2D eigenvalue weighted by atomic mass is 32.2. The van der Waals surface area contributed by atoms with Crippen LogP contribution in [-0.4, -0.2) is 61.0 Å². The number of likely N-dealkylation sites (tertiary alicyclic amines) is 1. The van der Waals surface area contributed by atoms with Gasteiger partial charge in [-0.1, -0.05) is 0 Å². The molecule has 1 amide bonds. The molecule has 0 radical (unpaired) electrons. The van der Waals surface area contributed by atoms with Crippen LogP contribution in [0.1, 0.15) is 39.0 Å². The second-order valence-electron chi connectivity index (χ2n) is 5.83. The van der Waals surface area contributed by atoms with E-state index in [1.54, 1.807) is 0 Å². The second-order valence-corrected chi connectivity index (χ2v) is 7.92. The van der Waals surface area contributed by atoms with Crippen LogP contribution in [-0.2, 0) is 14.8 Å². The quantitative estimate of drug-likeness (QED) is 0.801. The summed E-state index contributed by atoms with van der Waals surface area (Å²) >= 11 is 0. The highest BCUT2D eigenvalue weighted by Crippen LogP contribution is 2.21. The molecule has 2 saturated heterocycles. The number of rotatable bonds is 4. The Kier molecular flexibility index (Phi) is 5.04. The zero-order chi connectivity index (χ0) is 14.8. The van der Waals surface area contributed by atoms with Crippen LogP contribution in [0.3, 0.4) is 0 Å². The van der Waals surface area contributed by atoms with Crippen LogP contribution in [0.5, 0.6) is 0 Å². The van der Waals surface area contributed by atoms with Gasteiger partial charge in [-0.3, -0.25) is 4.79 Å². The SMILES string of the molecule is CC(N)C1CCCCN1C(=O)CCN1CCCS1(=O)=O. The minimum Gasteiger partial charge on any atom is -0.338 e. The fourth-order valence-electron chi connectivity index (χ4n) is 3.12. The van der Waals surface area contributed by atoms with Gasteiger partial charge in [0.2, 0.25) is 15.9 Å². The number of nitrogens with zero attached hydrogens (tertiary/aromatic N) is 2. The van der Waals surface area contributed by atoms with E-state index < -0.39 is 10.0 Å². The third-order valence-electron chi connectivity index (χ3n) is 4.25. The number of carbonyl (C=O) groups excluding carboxylic acids is 1. The molecule has 2 atom stereocenters. The number of carbonyl (C=O) groups is 1. The first-order chi connectivity index (χ1) is 9.42. The Hall–Kier alpha value is -0.660. The maximum atomic E-state index is 12.3. The number of sulfonamides is 1. The Morgan fingerprint density at radius 1 is 1.30 bits per heavy atom. The zero-order valence-electron chi connectivity index (χ0n) is 12.1. The van der Waals surface area contributed by atoms with Crippen LogP contribution in [0.4, 0.5) is 0 Å². The molecule has 0 aromatic carbocycles. The molecule has 0 aromatic rings. The molecule has 2 unspecified atom stereocenters. The van der Waals surface area contributed by atoms with Crippen LogP contribution in [0.25, 0.3) is 0 Å². The summed E-state index contributed by atoms with van der Waals surface area (Å²) < 4.78 is 24.8. The molecule has 2 rings (SSSR count). The van der Waals surface area contributed by atoms with Gasteiger partial charge in [-0.15, -0.1) is 0 Å². The molecule has 0 spiro atoms. The fourth-order valence-corrected chi connectivity index (χ4v) is 4.65. The first-order valence-corrected chi connectivity index (χ1v) is 9.05. The number of hydrogen-bond donors (Lipinski definition) is 1. The van der Waals surface area contributed by atoms with E-state index in [1.807, 2.05) is 11.8 Å². The van der Waals surface area contributed by atoms with Gasteiger partial charge in [-0.05, 0) is 32.6 Å². The summed E-state index contributed by atoms with van der Waals surface area (Å²) in [4.78, 5) is 14.2. The summed E-state index contributed by atoms with van der Waals surface area (Å²) in [5.74, 6) is 0.252. The lowest BCUT2D eigenvalue weighted by atomic mass is 9.96. The van der Waals surface area contributed by atoms with Crippen molar-refractivity contribution in [3.05, 3.63) is 0 Å². The van der Waals surface area contributed by atoms with E-state index in [1.165, 1.54) is 4.31 Å². The number of piperidine rings is 1. The third-order valence-corrected chi connectivity index (χ3v) is 6.21. The zero-order valence-corrected chi connectivity index (χ0v) is 12.9. The normalized spacial score (nSPS) is 28.5. The van der Waals surface area contributed by atoms with Crippen molar-refractivity contribution in [2.75, 3.05) is 25.4 Å². The Bertz CT molecular complexity index is 450. The van der Waals surface area contributed by atoms with Gasteiger partial charge in [-0.2, -0.15) is 0 Å². The smallest absolute Gasteiger partial charge is 0.224 e. The van der Waals surface area contributed by atoms with Crippen molar-refractivity contribution in [1.82, 2.24) is 9.21 Å². The first kappa shape index (κ1) is 15.7. The molecule has 20 heavy (non-hydrogen) atoms. The van der Waals surface area contributed by atoms with Crippen molar-refractivity contribution in [2.45, 2.75) is 51.1 Å². The molecular formula is C13H25N3O3S. The van der Waals surface area contributed by atoms with E-state index in [9.17, 15) is 13.2 Å². The third kappa shape index (κ3) is 3.51. The molecule has 0 saturated carbocycles. The van der Waals surface area contributed by atoms with Crippen LogP contribution >= 0.6 is 0 Å². The van der Waals surface area contributed by atoms with Gasteiger partial charge in [0.25, 0.3) is 0 Å². The fraction of sp³-hybridized carbons (Fsp3) is 0.923. The highest BCUT2D eigenvalue weighted by molar-refractivity contribution is 7.89. The predicted molar refractivity (Wildman–Crippen MR) is 77.6 cm³/mol. The summed E-state index contributed by atoms with van der Waals surface area (Å²) in [5, 5.41) is 0. The molecule has 2 heterocycles. The summed E-state index contributed by atoms with van der Waals surface area (Å²) in [5.41, 5.74) is 5.96. The van der Waals surface area contributed by atoms with Gasteiger partial charge < -0.3 is 10.6 Å². The molecule has 7 heteroatoms. The van der Waals surface area contributed by atoms with Gasteiger partial charge in [0.05, 0.1) is 5.75 Å². The van der Waals surface area contributed by atoms with Crippen LogP contribution in [0.2, 0.25) is 0 Å². The monoisotopic (exact) mass is 303 g/mol. The van der Waals surface area contributed by atoms with E-state index in [4.69, 9.17) is 5.73 Å². The summed E-state index contributed by atoms with van der Waals surface area (Å²) in [6, 6.07) is 0.0706. The van der Waals surface area contributed by atoms with Crippen molar-refractivity contribution in [3.8, 4) is 0 Å². The van der Waals surface area contributed by atoms with Crippen LogP contribution in [0.15, 0.2) is 0 Å². The van der Waals surface area contributed by atoms with Crippen molar-refractivity contribution in [1.29, 1.82) is 0 Å². The lowest BCUT2D eigenvalue weighted by Gasteiger charge is -2.38. The largest absolute Gasteiger partial charge is 0.338 e. The van der Waals surface area contributed by atoms with Crippen molar-refractivity contribution in [3.63, 3.8) is 0 Å². The molecule has 0 aliphatic carbocycles. The number of amides is 1. The van der Waals surface area contributed by atoms with Crippen molar-refractivity contribution in [2.24, 2.45) is 5.73 Å². The average molecular weight is 303 g/mol.